The third-order valence-corrected chi connectivity index (χ3v) is 9.52. The molecule has 0 saturated heterocycles. The summed E-state index contributed by atoms with van der Waals surface area (Å²) in [4.78, 5) is 66.2. The average Bonchev–Trinajstić information content (AvgIpc) is 3.12. The van der Waals surface area contributed by atoms with Gasteiger partial charge in [0.25, 0.3) is 5.91 Å². The molecule has 2 aromatic carbocycles. The van der Waals surface area contributed by atoms with Gasteiger partial charge in [0, 0.05) is 0 Å². The summed E-state index contributed by atoms with van der Waals surface area (Å²) in [5, 5.41) is 44.6. The molecule has 2 rings (SSSR count). The molecule has 0 aliphatic heterocycles. The number of hydrogen-bond donors (Lipinski definition) is 7. The number of carbonyl (C=O) groups excluding carboxylic acids is 2. The molecular formula is C36H51NO12S2. The molecule has 0 aromatic heterocycles. The maximum Gasteiger partial charge on any atom is 0.335 e. The summed E-state index contributed by atoms with van der Waals surface area (Å²) in [5.74, 6) is -4.18. The SMILES string of the molecule is CCC(C)C(=O)OC.CCC(SCCCC(Cc1cccc(C(=O)O)c1)C(=O)O)C(=O)NO.O=C(O)c1cccc(CC(CCCS)C(=O)O)c1. The maximum absolute atomic E-state index is 11.4. The number of amides is 1. The van der Waals surface area contributed by atoms with Gasteiger partial charge in [0.2, 0.25) is 0 Å². The number of thioether (sulfide) groups is 1. The highest BCUT2D eigenvalue weighted by molar-refractivity contribution is 8.00. The summed E-state index contributed by atoms with van der Waals surface area (Å²) in [7, 11) is 1.41. The van der Waals surface area contributed by atoms with E-state index in [1.165, 1.54) is 43.1 Å². The summed E-state index contributed by atoms with van der Waals surface area (Å²) in [6.07, 6.45) is 4.36. The predicted molar refractivity (Wildman–Crippen MR) is 197 cm³/mol. The van der Waals surface area contributed by atoms with Gasteiger partial charge in [0.05, 0.1) is 41.2 Å². The minimum absolute atomic E-state index is 0.0556. The van der Waals surface area contributed by atoms with Gasteiger partial charge in [-0.05, 0) is 98.3 Å². The molecule has 2 aromatic rings. The van der Waals surface area contributed by atoms with E-state index in [9.17, 15) is 33.9 Å². The molecule has 0 fully saturated rings. The Morgan fingerprint density at radius 2 is 1.25 bits per heavy atom. The van der Waals surface area contributed by atoms with Crippen molar-refractivity contribution in [3.05, 3.63) is 70.8 Å². The Kier molecular flexibility index (Phi) is 24.6. The van der Waals surface area contributed by atoms with Crippen molar-refractivity contribution in [2.45, 2.75) is 77.4 Å². The first-order chi connectivity index (χ1) is 24.1. The van der Waals surface area contributed by atoms with Crippen molar-refractivity contribution in [1.82, 2.24) is 5.48 Å². The van der Waals surface area contributed by atoms with Crippen LogP contribution >= 0.6 is 24.4 Å². The number of hydrogen-bond acceptors (Lipinski definition) is 10. The van der Waals surface area contributed by atoms with Crippen LogP contribution in [0.2, 0.25) is 0 Å². The van der Waals surface area contributed by atoms with E-state index in [2.05, 4.69) is 17.4 Å². The molecule has 1 amide bonds. The number of carbonyl (C=O) groups is 6. The van der Waals surface area contributed by atoms with Crippen molar-refractivity contribution in [3.8, 4) is 0 Å². The fraction of sp³-hybridized carbons (Fsp3) is 0.500. The van der Waals surface area contributed by atoms with Gasteiger partial charge in [-0.25, -0.2) is 15.1 Å². The second-order valence-electron chi connectivity index (χ2n) is 11.6. The molecule has 0 heterocycles. The quantitative estimate of drug-likeness (QED) is 0.0272. The lowest BCUT2D eigenvalue weighted by molar-refractivity contribution is -0.145. The largest absolute Gasteiger partial charge is 0.481 e. The van der Waals surface area contributed by atoms with Crippen LogP contribution in [-0.4, -0.2) is 85.3 Å². The third kappa shape index (κ3) is 19.8. The van der Waals surface area contributed by atoms with E-state index in [0.717, 1.165) is 18.4 Å². The van der Waals surface area contributed by atoms with Crippen molar-refractivity contribution in [2.24, 2.45) is 17.8 Å². The maximum atomic E-state index is 11.4. The number of esters is 1. The Labute approximate surface area is 308 Å². The number of methoxy groups -OCH3 is 1. The zero-order chi connectivity index (χ0) is 38.9. The number of aliphatic carboxylic acids is 2. The number of aromatic carboxylic acids is 2. The highest BCUT2D eigenvalue weighted by Crippen LogP contribution is 2.21. The second kappa shape index (κ2) is 26.7. The highest BCUT2D eigenvalue weighted by Gasteiger charge is 2.21. The van der Waals surface area contributed by atoms with E-state index in [0.29, 0.717) is 49.2 Å². The minimum atomic E-state index is -1.04. The van der Waals surface area contributed by atoms with Crippen molar-refractivity contribution in [3.63, 3.8) is 0 Å². The van der Waals surface area contributed by atoms with Gasteiger partial charge in [0.1, 0.15) is 0 Å². The number of nitrogens with one attached hydrogen (secondary N) is 1. The number of thiol groups is 1. The van der Waals surface area contributed by atoms with Crippen LogP contribution in [0.25, 0.3) is 0 Å². The van der Waals surface area contributed by atoms with Crippen molar-refractivity contribution in [2.75, 3.05) is 18.6 Å². The first-order valence-corrected chi connectivity index (χ1v) is 18.2. The molecule has 4 unspecified atom stereocenters. The van der Waals surface area contributed by atoms with Crippen LogP contribution in [0.15, 0.2) is 48.5 Å². The Balaban J connectivity index is 0.000000835. The normalized spacial score (nSPS) is 12.7. The van der Waals surface area contributed by atoms with Gasteiger partial charge in [-0.2, -0.15) is 12.6 Å². The fourth-order valence-corrected chi connectivity index (χ4v) is 5.81. The van der Waals surface area contributed by atoms with E-state index in [4.69, 9.17) is 20.5 Å². The molecule has 284 valence electrons. The Morgan fingerprint density at radius 3 is 1.59 bits per heavy atom. The molecule has 6 N–H and O–H groups in total. The summed E-state index contributed by atoms with van der Waals surface area (Å²) in [6, 6.07) is 12.7. The Hall–Kier alpha value is -4.08. The van der Waals surface area contributed by atoms with Gasteiger partial charge >= 0.3 is 29.8 Å². The lowest BCUT2D eigenvalue weighted by Crippen LogP contribution is -2.29. The first-order valence-electron chi connectivity index (χ1n) is 16.5. The summed E-state index contributed by atoms with van der Waals surface area (Å²) < 4.78 is 4.46. The Morgan fingerprint density at radius 1 is 0.784 bits per heavy atom. The molecule has 0 aliphatic carbocycles. The number of rotatable bonds is 20. The summed E-state index contributed by atoms with van der Waals surface area (Å²) in [6.45, 7) is 5.65. The van der Waals surface area contributed by atoms with E-state index in [1.807, 2.05) is 20.8 Å². The van der Waals surface area contributed by atoms with E-state index in [-0.39, 0.29) is 34.7 Å². The number of benzene rings is 2. The van der Waals surface area contributed by atoms with E-state index >= 15 is 0 Å². The average molecular weight is 754 g/mol. The third-order valence-electron chi connectivity index (χ3n) is 7.73. The first kappa shape index (κ1) is 46.9. The monoisotopic (exact) mass is 753 g/mol. The van der Waals surface area contributed by atoms with Crippen molar-refractivity contribution < 1.29 is 59.1 Å². The van der Waals surface area contributed by atoms with Crippen LogP contribution in [0.1, 0.15) is 91.1 Å². The van der Waals surface area contributed by atoms with Crippen LogP contribution in [-0.2, 0) is 36.8 Å². The van der Waals surface area contributed by atoms with Crippen LogP contribution in [0.5, 0.6) is 0 Å². The van der Waals surface area contributed by atoms with Crippen LogP contribution in [0, 0.1) is 17.8 Å². The van der Waals surface area contributed by atoms with Gasteiger partial charge in [-0.3, -0.25) is 24.4 Å². The van der Waals surface area contributed by atoms with E-state index in [1.54, 1.807) is 29.7 Å². The van der Waals surface area contributed by atoms with Gasteiger partial charge in [0.15, 0.2) is 0 Å². The standard InChI is InChI=1S/C17H23NO6S.C13H16O4S.C6H12O2/c1-2-14(15(19)18-24)25-8-4-7-13(17(22)23)10-11-5-3-6-12(9-11)16(20)21;14-12(15)10-4-1-3-9(7-10)8-11(13(16)17)5-2-6-18;1-4-5(2)6(7)8-3/h3,5-6,9,13-14,24H,2,4,7-8,10H2,1H3,(H,18,19)(H,20,21)(H,22,23);1,3-4,7,11,18H,2,5-6,8H2,(H,14,15)(H,16,17);5H,4H2,1-3H3. The van der Waals surface area contributed by atoms with Crippen LogP contribution < -0.4 is 5.48 Å². The van der Waals surface area contributed by atoms with Crippen molar-refractivity contribution in [1.29, 1.82) is 0 Å². The second-order valence-corrected chi connectivity index (χ2v) is 13.3. The zero-order valence-corrected chi connectivity index (χ0v) is 31.2. The van der Waals surface area contributed by atoms with E-state index < -0.39 is 41.6 Å². The molecular weight excluding hydrogens is 703 g/mol. The molecule has 51 heavy (non-hydrogen) atoms. The fourth-order valence-electron chi connectivity index (χ4n) is 4.57. The van der Waals surface area contributed by atoms with Crippen LogP contribution in [0.3, 0.4) is 0 Å². The number of carboxylic acids is 4. The predicted octanol–water partition coefficient (Wildman–Crippen LogP) is 5.97. The van der Waals surface area contributed by atoms with Gasteiger partial charge < -0.3 is 25.2 Å². The van der Waals surface area contributed by atoms with Crippen molar-refractivity contribution >= 4 is 60.1 Å². The summed E-state index contributed by atoms with van der Waals surface area (Å²) >= 11 is 5.44. The lowest BCUT2D eigenvalue weighted by atomic mass is 9.94. The molecule has 0 radical (unpaired) electrons. The molecule has 0 spiro atoms. The topological polar surface area (TPSA) is 225 Å². The molecule has 0 aliphatic rings. The van der Waals surface area contributed by atoms with Gasteiger partial charge in [-0.1, -0.05) is 45.0 Å². The lowest BCUT2D eigenvalue weighted by Gasteiger charge is -2.15. The molecule has 0 saturated carbocycles. The number of carboxylic acid groups (broad SMARTS) is 4. The van der Waals surface area contributed by atoms with Gasteiger partial charge in [-0.15, -0.1) is 11.8 Å². The molecule has 15 heteroatoms. The molecule has 0 bridgehead atoms. The summed E-state index contributed by atoms with van der Waals surface area (Å²) in [5.41, 5.74) is 3.36. The smallest absolute Gasteiger partial charge is 0.335 e. The Bertz CT molecular complexity index is 1400. The molecule has 13 nitrogen and oxygen atoms in total. The number of hydroxylamine groups is 1. The molecule has 4 atom stereocenters. The minimum Gasteiger partial charge on any atom is -0.481 e. The number of ether oxygens (including phenoxy) is 1. The zero-order valence-electron chi connectivity index (χ0n) is 29.4. The van der Waals surface area contributed by atoms with Crippen LogP contribution in [0.4, 0.5) is 0 Å². The highest BCUT2D eigenvalue weighted by atomic mass is 32.2.